The van der Waals surface area contributed by atoms with E-state index in [-0.39, 0.29) is 27.4 Å². The predicted octanol–water partition coefficient (Wildman–Crippen LogP) is 5.72. The quantitative estimate of drug-likeness (QED) is 0.622. The van der Waals surface area contributed by atoms with Gasteiger partial charge in [0.05, 0.1) is 21.4 Å². The normalized spacial score (nSPS) is 10.6. The van der Waals surface area contributed by atoms with E-state index in [1.165, 1.54) is 12.1 Å². The lowest BCUT2D eigenvalue weighted by atomic mass is 10.1. The number of urea groups is 1. The van der Waals surface area contributed by atoms with Crippen LogP contribution in [0.15, 0.2) is 54.6 Å². The van der Waals surface area contributed by atoms with E-state index in [1.54, 1.807) is 49.4 Å². The number of halogens is 3. The molecular formula is C19H14Cl2FN3O. The fraction of sp³-hybridized carbons (Fsp3) is 0.0526. The van der Waals surface area contributed by atoms with Gasteiger partial charge in [0.15, 0.2) is 0 Å². The summed E-state index contributed by atoms with van der Waals surface area (Å²) in [6.07, 6.45) is 0. The van der Waals surface area contributed by atoms with E-state index in [2.05, 4.69) is 4.98 Å². The molecule has 0 radical (unpaired) electrons. The van der Waals surface area contributed by atoms with Crippen molar-refractivity contribution in [1.82, 2.24) is 4.98 Å². The first-order valence-electron chi connectivity index (χ1n) is 7.65. The van der Waals surface area contributed by atoms with Crippen LogP contribution in [0.4, 0.5) is 20.7 Å². The maximum Gasteiger partial charge on any atom is 0.325 e. The smallest absolute Gasteiger partial charge is 0.325 e. The second kappa shape index (κ2) is 7.32. The number of para-hydroxylation sites is 1. The Morgan fingerprint density at radius 1 is 1.08 bits per heavy atom. The molecule has 0 saturated carbocycles. The Morgan fingerprint density at radius 3 is 2.35 bits per heavy atom. The fourth-order valence-corrected chi connectivity index (χ4v) is 3.22. The molecule has 26 heavy (non-hydrogen) atoms. The van der Waals surface area contributed by atoms with Crippen molar-refractivity contribution in [2.45, 2.75) is 6.92 Å². The average molecular weight is 390 g/mol. The molecular weight excluding hydrogens is 376 g/mol. The van der Waals surface area contributed by atoms with Gasteiger partial charge in [-0.15, -0.1) is 0 Å². The molecule has 0 atom stereocenters. The van der Waals surface area contributed by atoms with Crippen molar-refractivity contribution >= 4 is 40.7 Å². The zero-order valence-corrected chi connectivity index (χ0v) is 15.2. The Balaban J connectivity index is 2.14. The van der Waals surface area contributed by atoms with Crippen LogP contribution in [0.1, 0.15) is 5.56 Å². The molecule has 3 rings (SSSR count). The summed E-state index contributed by atoms with van der Waals surface area (Å²) >= 11 is 12.4. The van der Waals surface area contributed by atoms with Crippen LogP contribution in [0.2, 0.25) is 10.0 Å². The number of nitrogens with zero attached hydrogens (tertiary/aromatic N) is 2. The molecule has 2 aromatic carbocycles. The number of aryl methyl sites for hydroxylation is 1. The van der Waals surface area contributed by atoms with Crippen molar-refractivity contribution in [2.75, 3.05) is 4.90 Å². The van der Waals surface area contributed by atoms with Crippen molar-refractivity contribution in [3.63, 3.8) is 0 Å². The third kappa shape index (κ3) is 3.49. The zero-order chi connectivity index (χ0) is 18.8. The first kappa shape index (κ1) is 18.2. The number of aromatic nitrogens is 1. The molecule has 0 unspecified atom stereocenters. The number of carbonyl (C=O) groups is 1. The van der Waals surface area contributed by atoms with Crippen molar-refractivity contribution in [3.05, 3.63) is 76.0 Å². The number of anilines is 2. The molecule has 0 spiro atoms. The molecule has 0 bridgehead atoms. The van der Waals surface area contributed by atoms with Crippen LogP contribution in [0.25, 0.3) is 11.3 Å². The summed E-state index contributed by atoms with van der Waals surface area (Å²) in [5, 5.41) is 0.530. The van der Waals surface area contributed by atoms with Gasteiger partial charge in [-0.1, -0.05) is 35.3 Å². The van der Waals surface area contributed by atoms with E-state index in [0.29, 0.717) is 5.69 Å². The molecule has 2 amide bonds. The highest BCUT2D eigenvalue weighted by Crippen LogP contribution is 2.37. The molecule has 0 aliphatic carbocycles. The Morgan fingerprint density at radius 2 is 1.73 bits per heavy atom. The highest BCUT2D eigenvalue weighted by molar-refractivity contribution is 6.40. The molecule has 0 aliphatic heterocycles. The first-order valence-corrected chi connectivity index (χ1v) is 8.41. The Labute approximate surface area is 160 Å². The molecule has 132 valence electrons. The van der Waals surface area contributed by atoms with Crippen LogP contribution in [0.3, 0.4) is 0 Å². The van der Waals surface area contributed by atoms with Crippen LogP contribution < -0.4 is 10.6 Å². The van der Waals surface area contributed by atoms with Crippen molar-refractivity contribution in [3.8, 4) is 11.3 Å². The van der Waals surface area contributed by atoms with Gasteiger partial charge in [0.2, 0.25) is 0 Å². The van der Waals surface area contributed by atoms with Crippen molar-refractivity contribution < 1.29 is 9.18 Å². The van der Waals surface area contributed by atoms with Crippen LogP contribution >= 0.6 is 23.2 Å². The highest BCUT2D eigenvalue weighted by atomic mass is 35.5. The van der Waals surface area contributed by atoms with Crippen LogP contribution in [0.5, 0.6) is 0 Å². The van der Waals surface area contributed by atoms with E-state index in [1.807, 2.05) is 0 Å². The third-order valence-electron chi connectivity index (χ3n) is 3.81. The molecule has 7 heteroatoms. The molecule has 1 heterocycles. The maximum atomic E-state index is 13.4. The Kier molecular flexibility index (Phi) is 5.11. The minimum atomic E-state index is -0.777. The Bertz CT molecular complexity index is 974. The predicted molar refractivity (Wildman–Crippen MR) is 103 cm³/mol. The number of rotatable bonds is 3. The molecule has 4 nitrogen and oxygen atoms in total. The summed E-state index contributed by atoms with van der Waals surface area (Å²) in [4.78, 5) is 17.8. The van der Waals surface area contributed by atoms with E-state index < -0.39 is 6.03 Å². The van der Waals surface area contributed by atoms with Crippen molar-refractivity contribution in [2.24, 2.45) is 5.73 Å². The number of amides is 2. The lowest BCUT2D eigenvalue weighted by Crippen LogP contribution is -2.32. The van der Waals surface area contributed by atoms with Gasteiger partial charge < -0.3 is 5.73 Å². The minimum absolute atomic E-state index is 0.254. The minimum Gasteiger partial charge on any atom is -0.351 e. The lowest BCUT2D eigenvalue weighted by Gasteiger charge is -2.22. The SMILES string of the molecule is Cc1cc(F)ccc1-c1cccc(N(C(N)=O)c2c(Cl)cccc2Cl)n1. The standard InChI is InChI=1S/C19H14Cl2FN3O/c1-11-10-12(22)8-9-13(11)16-6-3-7-17(24-16)25(19(23)26)18-14(20)4-2-5-15(18)21/h2-10H,1H3,(H2,23,26). The van der Waals surface area contributed by atoms with Gasteiger partial charge in [-0.25, -0.2) is 19.1 Å². The van der Waals surface area contributed by atoms with Gasteiger partial charge in [-0.05, 0) is 55.0 Å². The number of pyridine rings is 1. The van der Waals surface area contributed by atoms with E-state index >= 15 is 0 Å². The van der Waals surface area contributed by atoms with E-state index in [4.69, 9.17) is 28.9 Å². The van der Waals surface area contributed by atoms with Gasteiger partial charge in [-0.3, -0.25) is 0 Å². The lowest BCUT2D eigenvalue weighted by molar-refractivity contribution is 0.256. The number of hydrogen-bond donors (Lipinski definition) is 1. The molecule has 3 aromatic rings. The number of benzene rings is 2. The highest BCUT2D eigenvalue weighted by Gasteiger charge is 2.22. The number of carbonyl (C=O) groups excluding carboxylic acids is 1. The fourth-order valence-electron chi connectivity index (χ4n) is 2.65. The van der Waals surface area contributed by atoms with Gasteiger partial charge in [0.1, 0.15) is 11.6 Å². The average Bonchev–Trinajstić information content (AvgIpc) is 2.58. The van der Waals surface area contributed by atoms with Gasteiger partial charge in [-0.2, -0.15) is 0 Å². The van der Waals surface area contributed by atoms with Gasteiger partial charge >= 0.3 is 6.03 Å². The molecule has 0 aliphatic rings. The van der Waals surface area contributed by atoms with Gasteiger partial charge in [0, 0.05) is 5.56 Å². The monoisotopic (exact) mass is 389 g/mol. The summed E-state index contributed by atoms with van der Waals surface area (Å²) in [6.45, 7) is 1.78. The van der Waals surface area contributed by atoms with Crippen LogP contribution in [0, 0.1) is 12.7 Å². The maximum absolute atomic E-state index is 13.4. The van der Waals surface area contributed by atoms with Gasteiger partial charge in [0.25, 0.3) is 0 Å². The molecule has 2 N–H and O–H groups in total. The summed E-state index contributed by atoms with van der Waals surface area (Å²) in [5.41, 5.74) is 7.83. The third-order valence-corrected chi connectivity index (χ3v) is 4.42. The summed E-state index contributed by atoms with van der Waals surface area (Å²) in [7, 11) is 0. The topological polar surface area (TPSA) is 59.2 Å². The van der Waals surface area contributed by atoms with Crippen LogP contribution in [-0.2, 0) is 0 Å². The molecule has 0 fully saturated rings. The zero-order valence-electron chi connectivity index (χ0n) is 13.7. The largest absolute Gasteiger partial charge is 0.351 e. The second-order valence-electron chi connectivity index (χ2n) is 5.58. The Hall–Kier alpha value is -2.63. The van der Waals surface area contributed by atoms with E-state index in [9.17, 15) is 9.18 Å². The van der Waals surface area contributed by atoms with E-state index in [0.717, 1.165) is 16.0 Å². The first-order chi connectivity index (χ1) is 12.4. The second-order valence-corrected chi connectivity index (χ2v) is 6.40. The number of primary amides is 1. The number of hydrogen-bond acceptors (Lipinski definition) is 2. The number of nitrogens with two attached hydrogens (primary N) is 1. The molecule has 1 aromatic heterocycles. The summed E-state index contributed by atoms with van der Waals surface area (Å²) in [6, 6.07) is 13.6. The van der Waals surface area contributed by atoms with Crippen LogP contribution in [-0.4, -0.2) is 11.0 Å². The summed E-state index contributed by atoms with van der Waals surface area (Å²) < 4.78 is 13.4. The summed E-state index contributed by atoms with van der Waals surface area (Å²) in [5.74, 6) is -0.0715. The molecule has 0 saturated heterocycles. The van der Waals surface area contributed by atoms with Crippen molar-refractivity contribution in [1.29, 1.82) is 0 Å².